The van der Waals surface area contributed by atoms with Gasteiger partial charge in [-0.1, -0.05) is 25.4 Å². The minimum atomic E-state index is -0.212. The summed E-state index contributed by atoms with van der Waals surface area (Å²) in [5, 5.41) is 3.20. The number of rotatable bonds is 4. The number of anilines is 1. The highest BCUT2D eigenvalue weighted by Crippen LogP contribution is 2.21. The second-order valence-electron chi connectivity index (χ2n) is 3.93. The normalized spacial score (nSPS) is 12.6. The Kier molecular flexibility index (Phi) is 4.71. The van der Waals surface area contributed by atoms with Crippen LogP contribution in [0.2, 0.25) is 5.02 Å². The smallest absolute Gasteiger partial charge is 0.229 e. The van der Waals surface area contributed by atoms with E-state index in [1.807, 2.05) is 13.8 Å². The van der Waals surface area contributed by atoms with Gasteiger partial charge in [-0.3, -0.25) is 9.78 Å². The van der Waals surface area contributed by atoms with Crippen molar-refractivity contribution in [3.05, 3.63) is 23.5 Å². The van der Waals surface area contributed by atoms with Crippen molar-refractivity contribution in [1.29, 1.82) is 0 Å². The Labute approximate surface area is 100 Å². The highest BCUT2D eigenvalue weighted by molar-refractivity contribution is 6.33. The molecule has 0 radical (unpaired) electrons. The molecule has 16 heavy (non-hydrogen) atoms. The fraction of sp³-hybridized carbons (Fsp3) is 0.455. The van der Waals surface area contributed by atoms with Crippen molar-refractivity contribution in [2.45, 2.75) is 13.8 Å². The number of nitrogens with one attached hydrogen (secondary N) is 1. The Morgan fingerprint density at radius 1 is 1.62 bits per heavy atom. The van der Waals surface area contributed by atoms with Crippen LogP contribution in [0.3, 0.4) is 0 Å². The summed E-state index contributed by atoms with van der Waals surface area (Å²) in [7, 11) is 0. The van der Waals surface area contributed by atoms with E-state index in [4.69, 9.17) is 17.3 Å². The van der Waals surface area contributed by atoms with E-state index in [1.54, 1.807) is 12.3 Å². The fourth-order valence-corrected chi connectivity index (χ4v) is 1.53. The number of amides is 1. The van der Waals surface area contributed by atoms with Crippen LogP contribution < -0.4 is 11.1 Å². The zero-order chi connectivity index (χ0) is 12.1. The maximum absolute atomic E-state index is 11.9. The zero-order valence-corrected chi connectivity index (χ0v) is 10.2. The Morgan fingerprint density at radius 3 is 2.81 bits per heavy atom. The molecule has 1 heterocycles. The number of carbonyl (C=O) groups excluding carboxylic acids is 1. The van der Waals surface area contributed by atoms with Gasteiger partial charge in [-0.25, -0.2) is 0 Å². The zero-order valence-electron chi connectivity index (χ0n) is 9.40. The lowest BCUT2D eigenvalue weighted by atomic mass is 9.95. The van der Waals surface area contributed by atoms with Gasteiger partial charge in [-0.05, 0) is 12.0 Å². The lowest BCUT2D eigenvalue weighted by Crippen LogP contribution is -2.33. The summed E-state index contributed by atoms with van der Waals surface area (Å²) in [5.74, 6) is -0.135. The third kappa shape index (κ3) is 3.18. The van der Waals surface area contributed by atoms with Crippen LogP contribution in [0.25, 0.3) is 0 Å². The van der Waals surface area contributed by atoms with Crippen LogP contribution in [-0.4, -0.2) is 17.4 Å². The molecule has 0 fully saturated rings. The topological polar surface area (TPSA) is 68.0 Å². The van der Waals surface area contributed by atoms with E-state index in [2.05, 4.69) is 10.3 Å². The third-order valence-corrected chi connectivity index (χ3v) is 2.75. The van der Waals surface area contributed by atoms with E-state index < -0.39 is 0 Å². The van der Waals surface area contributed by atoms with Crippen molar-refractivity contribution < 1.29 is 4.79 Å². The number of nitrogens with two attached hydrogens (primary N) is 1. The van der Waals surface area contributed by atoms with E-state index in [0.717, 1.165) is 0 Å². The van der Waals surface area contributed by atoms with Gasteiger partial charge >= 0.3 is 0 Å². The third-order valence-electron chi connectivity index (χ3n) is 2.42. The highest BCUT2D eigenvalue weighted by atomic mass is 35.5. The minimum absolute atomic E-state index is 0.118. The first-order valence-corrected chi connectivity index (χ1v) is 5.54. The Morgan fingerprint density at radius 2 is 2.31 bits per heavy atom. The average Bonchev–Trinajstić information content (AvgIpc) is 2.22. The predicted octanol–water partition coefficient (Wildman–Crippen LogP) is 1.90. The van der Waals surface area contributed by atoms with E-state index >= 15 is 0 Å². The number of hydrogen-bond acceptors (Lipinski definition) is 3. The molecule has 1 aromatic rings. The molecule has 0 aliphatic heterocycles. The van der Waals surface area contributed by atoms with E-state index in [9.17, 15) is 4.79 Å². The summed E-state index contributed by atoms with van der Waals surface area (Å²) in [4.78, 5) is 15.8. The maximum Gasteiger partial charge on any atom is 0.229 e. The lowest BCUT2D eigenvalue weighted by Gasteiger charge is -2.18. The number of carbonyl (C=O) groups is 1. The van der Waals surface area contributed by atoms with Crippen LogP contribution in [0.4, 0.5) is 5.69 Å². The SMILES string of the molecule is CC(C)C(CN)C(=O)Nc1cnccc1Cl. The molecule has 0 aliphatic carbocycles. The average molecular weight is 242 g/mol. The molecular formula is C11H16ClN3O. The molecule has 0 saturated carbocycles. The lowest BCUT2D eigenvalue weighted by molar-refractivity contribution is -0.120. The summed E-state index contributed by atoms with van der Waals surface area (Å²) >= 11 is 5.91. The number of pyridine rings is 1. The molecule has 1 amide bonds. The van der Waals surface area contributed by atoms with Gasteiger partial charge in [0.1, 0.15) is 0 Å². The van der Waals surface area contributed by atoms with Crippen molar-refractivity contribution in [2.24, 2.45) is 17.6 Å². The molecule has 0 aliphatic rings. The van der Waals surface area contributed by atoms with E-state index in [1.165, 1.54) is 6.20 Å². The number of nitrogens with zero attached hydrogens (tertiary/aromatic N) is 1. The number of aromatic nitrogens is 1. The van der Waals surface area contributed by atoms with Crippen LogP contribution in [0.5, 0.6) is 0 Å². The predicted molar refractivity (Wildman–Crippen MR) is 65.3 cm³/mol. The second-order valence-corrected chi connectivity index (χ2v) is 4.34. The first kappa shape index (κ1) is 12.9. The first-order valence-electron chi connectivity index (χ1n) is 5.16. The molecule has 3 N–H and O–H groups in total. The molecule has 1 unspecified atom stereocenters. The molecule has 5 heteroatoms. The van der Waals surface area contributed by atoms with Crippen LogP contribution >= 0.6 is 11.6 Å². The number of halogens is 1. The number of hydrogen-bond donors (Lipinski definition) is 2. The molecule has 1 rings (SSSR count). The van der Waals surface area contributed by atoms with Gasteiger partial charge in [0.2, 0.25) is 5.91 Å². The molecule has 0 aromatic carbocycles. The molecule has 0 spiro atoms. The highest BCUT2D eigenvalue weighted by Gasteiger charge is 2.21. The maximum atomic E-state index is 11.9. The molecule has 0 saturated heterocycles. The monoisotopic (exact) mass is 241 g/mol. The molecule has 1 atom stereocenters. The van der Waals surface area contributed by atoms with Crippen molar-refractivity contribution in [2.75, 3.05) is 11.9 Å². The van der Waals surface area contributed by atoms with Crippen LogP contribution in [0.1, 0.15) is 13.8 Å². The summed E-state index contributed by atoms with van der Waals surface area (Å²) in [5.41, 5.74) is 6.08. The van der Waals surface area contributed by atoms with Crippen molar-refractivity contribution in [1.82, 2.24) is 4.98 Å². The summed E-state index contributed by atoms with van der Waals surface area (Å²) in [6.07, 6.45) is 3.09. The van der Waals surface area contributed by atoms with Gasteiger partial charge in [0.25, 0.3) is 0 Å². The summed E-state index contributed by atoms with van der Waals surface area (Å²) in [6.45, 7) is 4.24. The minimum Gasteiger partial charge on any atom is -0.330 e. The first-order chi connectivity index (χ1) is 7.56. The summed E-state index contributed by atoms with van der Waals surface area (Å²) in [6, 6.07) is 1.63. The van der Waals surface area contributed by atoms with Crippen LogP contribution in [0, 0.1) is 11.8 Å². The molecule has 4 nitrogen and oxygen atoms in total. The van der Waals surface area contributed by atoms with Crippen LogP contribution in [-0.2, 0) is 4.79 Å². The molecule has 1 aromatic heterocycles. The van der Waals surface area contributed by atoms with Crippen molar-refractivity contribution >= 4 is 23.2 Å². The molecular weight excluding hydrogens is 226 g/mol. The second kappa shape index (κ2) is 5.82. The van der Waals surface area contributed by atoms with Gasteiger partial charge < -0.3 is 11.1 Å². The fourth-order valence-electron chi connectivity index (χ4n) is 1.38. The van der Waals surface area contributed by atoms with Gasteiger partial charge in [0.05, 0.1) is 22.8 Å². The Hall–Kier alpha value is -1.13. The van der Waals surface area contributed by atoms with E-state index in [-0.39, 0.29) is 17.7 Å². The van der Waals surface area contributed by atoms with E-state index in [0.29, 0.717) is 17.3 Å². The van der Waals surface area contributed by atoms with Crippen molar-refractivity contribution in [3.8, 4) is 0 Å². The largest absolute Gasteiger partial charge is 0.330 e. The van der Waals surface area contributed by atoms with Crippen molar-refractivity contribution in [3.63, 3.8) is 0 Å². The van der Waals surface area contributed by atoms with Crippen LogP contribution in [0.15, 0.2) is 18.5 Å². The standard InChI is InChI=1S/C11H16ClN3O/c1-7(2)8(5-13)11(16)15-10-6-14-4-3-9(10)12/h3-4,6-8H,5,13H2,1-2H3,(H,15,16). The van der Waals surface area contributed by atoms with Gasteiger partial charge in [-0.2, -0.15) is 0 Å². The van der Waals surface area contributed by atoms with Gasteiger partial charge in [0, 0.05) is 12.7 Å². The Balaban J connectivity index is 2.74. The molecule has 0 bridgehead atoms. The van der Waals surface area contributed by atoms with Gasteiger partial charge in [0.15, 0.2) is 0 Å². The molecule has 88 valence electrons. The summed E-state index contributed by atoms with van der Waals surface area (Å²) < 4.78 is 0. The Bertz CT molecular complexity index is 368. The van der Waals surface area contributed by atoms with Gasteiger partial charge in [-0.15, -0.1) is 0 Å². The quantitative estimate of drug-likeness (QED) is 0.846.